The molecule has 1 aliphatic rings. The van der Waals surface area contributed by atoms with Crippen LogP contribution in [0.1, 0.15) is 12.5 Å². The maximum Gasteiger partial charge on any atom is 0.262 e. The Kier molecular flexibility index (Phi) is 3.70. The van der Waals surface area contributed by atoms with Gasteiger partial charge >= 0.3 is 0 Å². The van der Waals surface area contributed by atoms with Crippen LogP contribution in [0.5, 0.6) is 0 Å². The quantitative estimate of drug-likeness (QED) is 0.537. The second kappa shape index (κ2) is 5.81. The van der Waals surface area contributed by atoms with E-state index in [1.165, 1.54) is 5.01 Å². The highest BCUT2D eigenvalue weighted by atomic mass is 16.4. The zero-order valence-electron chi connectivity index (χ0n) is 12.0. The van der Waals surface area contributed by atoms with Gasteiger partial charge in [0.15, 0.2) is 0 Å². The minimum absolute atomic E-state index is 0.222. The van der Waals surface area contributed by atoms with Crippen LogP contribution in [0.4, 0.5) is 5.69 Å². The van der Waals surface area contributed by atoms with Gasteiger partial charge in [0, 0.05) is 5.56 Å². The molecule has 1 atom stereocenters. The number of hydrazone groups is 1. The summed E-state index contributed by atoms with van der Waals surface area (Å²) in [6, 6.07) is 18.3. The molecule has 0 bridgehead atoms. The van der Waals surface area contributed by atoms with Crippen molar-refractivity contribution >= 4 is 23.0 Å². The molecule has 0 aromatic heterocycles. The van der Waals surface area contributed by atoms with E-state index in [4.69, 9.17) is 0 Å². The van der Waals surface area contributed by atoms with Crippen molar-refractivity contribution in [2.75, 3.05) is 5.01 Å². The van der Waals surface area contributed by atoms with Crippen molar-refractivity contribution < 1.29 is 10.0 Å². The summed E-state index contributed by atoms with van der Waals surface area (Å²) in [5.41, 5.74) is 2.31. The standard InChI is InChI=1S/C17H15N3O2/c1-12-15(16(19-22)13-8-4-2-5-9-13)17(21)20(18-12)14-10-6-3-7-11-14/h2-11,15,22H,1H3/b19-16+. The summed E-state index contributed by atoms with van der Waals surface area (Å²) in [6.07, 6.45) is 0. The zero-order chi connectivity index (χ0) is 15.5. The number of carbonyl (C=O) groups excluding carboxylic acids is 1. The topological polar surface area (TPSA) is 65.3 Å². The number of hydrogen-bond donors (Lipinski definition) is 1. The lowest BCUT2D eigenvalue weighted by Crippen LogP contribution is -2.33. The molecule has 0 saturated heterocycles. The molecule has 0 fully saturated rings. The summed E-state index contributed by atoms with van der Waals surface area (Å²) in [5.74, 6) is -0.895. The molecule has 0 saturated carbocycles. The molecule has 5 heteroatoms. The third-order valence-electron chi connectivity index (χ3n) is 3.58. The molecule has 1 heterocycles. The second-order valence-corrected chi connectivity index (χ2v) is 5.01. The molecular weight excluding hydrogens is 278 g/mol. The van der Waals surface area contributed by atoms with Crippen molar-refractivity contribution in [3.05, 3.63) is 66.2 Å². The lowest BCUT2D eigenvalue weighted by molar-refractivity contribution is -0.118. The molecule has 0 aliphatic carbocycles. The molecule has 1 amide bonds. The second-order valence-electron chi connectivity index (χ2n) is 5.01. The van der Waals surface area contributed by atoms with E-state index >= 15 is 0 Å². The fourth-order valence-electron chi connectivity index (χ4n) is 2.53. The molecule has 3 rings (SSSR count). The number of para-hydroxylation sites is 1. The monoisotopic (exact) mass is 293 g/mol. The van der Waals surface area contributed by atoms with E-state index in [9.17, 15) is 10.0 Å². The van der Waals surface area contributed by atoms with Gasteiger partial charge in [-0.1, -0.05) is 53.7 Å². The van der Waals surface area contributed by atoms with Crippen LogP contribution in [-0.4, -0.2) is 22.5 Å². The summed E-state index contributed by atoms with van der Waals surface area (Å²) < 4.78 is 0. The summed E-state index contributed by atoms with van der Waals surface area (Å²) in [6.45, 7) is 1.76. The normalized spacial score (nSPS) is 18.5. The van der Waals surface area contributed by atoms with Crippen LogP contribution in [0, 0.1) is 5.92 Å². The fourth-order valence-corrected chi connectivity index (χ4v) is 2.53. The Balaban J connectivity index is 1.96. The number of rotatable bonds is 3. The van der Waals surface area contributed by atoms with Crippen molar-refractivity contribution in [2.45, 2.75) is 6.92 Å². The van der Waals surface area contributed by atoms with Gasteiger partial charge in [-0.05, 0) is 19.1 Å². The Morgan fingerprint density at radius 3 is 2.27 bits per heavy atom. The first-order valence-electron chi connectivity index (χ1n) is 6.94. The predicted octanol–water partition coefficient (Wildman–Crippen LogP) is 2.90. The minimum Gasteiger partial charge on any atom is -0.411 e. The van der Waals surface area contributed by atoms with Crippen molar-refractivity contribution in [3.8, 4) is 0 Å². The molecule has 2 aromatic rings. The highest BCUT2D eigenvalue weighted by molar-refractivity contribution is 6.31. The number of nitrogens with zero attached hydrogens (tertiary/aromatic N) is 3. The average molecular weight is 293 g/mol. The zero-order valence-corrected chi connectivity index (χ0v) is 12.0. The predicted molar refractivity (Wildman–Crippen MR) is 85.3 cm³/mol. The van der Waals surface area contributed by atoms with Gasteiger partial charge in [-0.2, -0.15) is 10.1 Å². The summed E-state index contributed by atoms with van der Waals surface area (Å²) >= 11 is 0. The number of anilines is 1. The number of hydrogen-bond acceptors (Lipinski definition) is 4. The highest BCUT2D eigenvalue weighted by Gasteiger charge is 2.38. The smallest absolute Gasteiger partial charge is 0.262 e. The Morgan fingerprint density at radius 1 is 1.09 bits per heavy atom. The molecule has 1 unspecified atom stereocenters. The average Bonchev–Trinajstić information content (AvgIpc) is 2.86. The molecule has 1 aliphatic heterocycles. The molecule has 22 heavy (non-hydrogen) atoms. The molecule has 0 spiro atoms. The van der Waals surface area contributed by atoms with E-state index in [-0.39, 0.29) is 5.91 Å². The molecular formula is C17H15N3O2. The van der Waals surface area contributed by atoms with Crippen LogP contribution in [0.2, 0.25) is 0 Å². The summed E-state index contributed by atoms with van der Waals surface area (Å²) in [4.78, 5) is 12.7. The van der Waals surface area contributed by atoms with E-state index in [1.54, 1.807) is 19.1 Å². The van der Waals surface area contributed by atoms with E-state index in [1.807, 2.05) is 48.5 Å². The van der Waals surface area contributed by atoms with E-state index in [0.29, 0.717) is 22.7 Å². The third kappa shape index (κ3) is 2.37. The highest BCUT2D eigenvalue weighted by Crippen LogP contribution is 2.26. The molecule has 2 aromatic carbocycles. The summed E-state index contributed by atoms with van der Waals surface area (Å²) in [5, 5.41) is 18.4. The van der Waals surface area contributed by atoms with Crippen LogP contribution in [0.25, 0.3) is 0 Å². The number of carbonyl (C=O) groups is 1. The number of oxime groups is 1. The largest absolute Gasteiger partial charge is 0.411 e. The lowest BCUT2D eigenvalue weighted by atomic mass is 9.93. The first-order valence-corrected chi connectivity index (χ1v) is 6.94. The van der Waals surface area contributed by atoms with E-state index in [0.717, 1.165) is 0 Å². The number of amides is 1. The Bertz CT molecular complexity index is 739. The maximum atomic E-state index is 12.7. The SMILES string of the molecule is CC1=NN(c2ccccc2)C(=O)C1/C(=N/O)c1ccccc1. The third-order valence-corrected chi connectivity index (χ3v) is 3.58. The van der Waals surface area contributed by atoms with Gasteiger partial charge in [-0.3, -0.25) is 4.79 Å². The van der Waals surface area contributed by atoms with Crippen LogP contribution < -0.4 is 5.01 Å². The lowest BCUT2D eigenvalue weighted by Gasteiger charge is -2.15. The molecule has 5 nitrogen and oxygen atoms in total. The van der Waals surface area contributed by atoms with Gasteiger partial charge in [0.25, 0.3) is 5.91 Å². The first kappa shape index (κ1) is 14.0. The van der Waals surface area contributed by atoms with Crippen LogP contribution in [-0.2, 0) is 4.79 Å². The van der Waals surface area contributed by atoms with Gasteiger partial charge in [-0.15, -0.1) is 0 Å². The molecule has 0 radical (unpaired) electrons. The van der Waals surface area contributed by atoms with Crippen LogP contribution >= 0.6 is 0 Å². The summed E-state index contributed by atoms with van der Waals surface area (Å²) in [7, 11) is 0. The van der Waals surface area contributed by atoms with Crippen molar-refractivity contribution in [2.24, 2.45) is 16.2 Å². The van der Waals surface area contributed by atoms with Crippen molar-refractivity contribution in [1.82, 2.24) is 0 Å². The van der Waals surface area contributed by atoms with Gasteiger partial charge < -0.3 is 5.21 Å². The molecule has 1 N–H and O–H groups in total. The van der Waals surface area contributed by atoms with E-state index < -0.39 is 5.92 Å². The first-order chi connectivity index (χ1) is 10.7. The van der Waals surface area contributed by atoms with Gasteiger partial charge in [-0.25, -0.2) is 0 Å². The van der Waals surface area contributed by atoms with Crippen LogP contribution in [0.3, 0.4) is 0 Å². The van der Waals surface area contributed by atoms with E-state index in [2.05, 4.69) is 10.3 Å². The Labute approximate surface area is 128 Å². The van der Waals surface area contributed by atoms with Gasteiger partial charge in [0.2, 0.25) is 0 Å². The van der Waals surface area contributed by atoms with Gasteiger partial charge in [0.05, 0.1) is 11.4 Å². The Morgan fingerprint density at radius 2 is 1.68 bits per heavy atom. The van der Waals surface area contributed by atoms with Crippen LogP contribution in [0.15, 0.2) is 70.9 Å². The van der Waals surface area contributed by atoms with Crippen molar-refractivity contribution in [3.63, 3.8) is 0 Å². The fraction of sp³-hybridized carbons (Fsp3) is 0.118. The molecule has 110 valence electrons. The minimum atomic E-state index is -0.674. The van der Waals surface area contributed by atoms with Crippen molar-refractivity contribution in [1.29, 1.82) is 0 Å². The maximum absolute atomic E-state index is 12.7. The Hall–Kier alpha value is -2.95. The number of benzene rings is 2. The van der Waals surface area contributed by atoms with Gasteiger partial charge in [0.1, 0.15) is 11.6 Å².